The summed E-state index contributed by atoms with van der Waals surface area (Å²) in [6.07, 6.45) is 0. The van der Waals surface area contributed by atoms with Crippen LogP contribution < -0.4 is 0 Å². The van der Waals surface area contributed by atoms with Gasteiger partial charge in [0.25, 0.3) is 0 Å². The van der Waals surface area contributed by atoms with Crippen molar-refractivity contribution >= 4 is 17.3 Å². The van der Waals surface area contributed by atoms with Gasteiger partial charge in [0.1, 0.15) is 0 Å². The van der Waals surface area contributed by atoms with Crippen LogP contribution in [-0.4, -0.2) is 59.1 Å². The first-order valence-electron chi connectivity index (χ1n) is 6.00. The molecule has 0 saturated heterocycles. The highest BCUT2D eigenvalue weighted by Crippen LogP contribution is 2.13. The molecular formula is C12H21N3O2S. The molecule has 0 amide bonds. The first-order valence-corrected chi connectivity index (χ1v) is 6.88. The number of thiazole rings is 1. The predicted octanol–water partition coefficient (Wildman–Crippen LogP) is 1.61. The maximum absolute atomic E-state index is 10.8. The summed E-state index contributed by atoms with van der Waals surface area (Å²) in [5.74, 6) is -0.948. The standard InChI is InChI=1S/C12H21N3O2S/c1-5-15(9(2)6-14(3)4)7-10-8-18-11(13-10)12(16)17/h8-9H,5-7H2,1-4H3,(H,16,17). The number of likely N-dealkylation sites (N-methyl/N-ethyl adjacent to an activating group) is 2. The van der Waals surface area contributed by atoms with Crippen LogP contribution in [0, 0.1) is 0 Å². The van der Waals surface area contributed by atoms with E-state index in [1.807, 2.05) is 5.38 Å². The zero-order valence-corrected chi connectivity index (χ0v) is 12.2. The smallest absolute Gasteiger partial charge is 0.365 e. The van der Waals surface area contributed by atoms with Gasteiger partial charge in [0, 0.05) is 24.5 Å². The highest BCUT2D eigenvalue weighted by molar-refractivity contribution is 7.11. The maximum atomic E-state index is 10.8. The second kappa shape index (κ2) is 6.82. The highest BCUT2D eigenvalue weighted by atomic mass is 32.1. The summed E-state index contributed by atoms with van der Waals surface area (Å²) >= 11 is 1.19. The predicted molar refractivity (Wildman–Crippen MR) is 73.2 cm³/mol. The first kappa shape index (κ1) is 15.1. The fraction of sp³-hybridized carbons (Fsp3) is 0.667. The van der Waals surface area contributed by atoms with Gasteiger partial charge < -0.3 is 10.0 Å². The Labute approximate surface area is 112 Å². The normalized spacial score (nSPS) is 13.2. The van der Waals surface area contributed by atoms with Crippen LogP contribution in [0.5, 0.6) is 0 Å². The van der Waals surface area contributed by atoms with Crippen LogP contribution in [-0.2, 0) is 6.54 Å². The van der Waals surface area contributed by atoms with Gasteiger partial charge in [0.2, 0.25) is 5.01 Å². The van der Waals surface area contributed by atoms with Gasteiger partial charge in [-0.15, -0.1) is 11.3 Å². The number of aromatic nitrogens is 1. The average molecular weight is 271 g/mol. The van der Waals surface area contributed by atoms with Crippen LogP contribution in [0.3, 0.4) is 0 Å². The Kier molecular flexibility index (Phi) is 5.71. The third kappa shape index (κ3) is 4.36. The minimum atomic E-state index is -0.948. The third-order valence-electron chi connectivity index (χ3n) is 2.76. The number of hydrogen-bond acceptors (Lipinski definition) is 5. The van der Waals surface area contributed by atoms with E-state index in [0.29, 0.717) is 12.6 Å². The lowest BCUT2D eigenvalue weighted by molar-refractivity contribution is 0.0696. The molecule has 6 heteroatoms. The largest absolute Gasteiger partial charge is 0.476 e. The van der Waals surface area contributed by atoms with E-state index in [4.69, 9.17) is 5.11 Å². The Morgan fingerprint density at radius 3 is 2.67 bits per heavy atom. The van der Waals surface area contributed by atoms with Crippen LogP contribution in [0.25, 0.3) is 0 Å². The molecule has 1 aromatic heterocycles. The zero-order chi connectivity index (χ0) is 13.7. The highest BCUT2D eigenvalue weighted by Gasteiger charge is 2.16. The van der Waals surface area contributed by atoms with E-state index in [9.17, 15) is 4.79 Å². The summed E-state index contributed by atoms with van der Waals surface area (Å²) in [4.78, 5) is 19.3. The van der Waals surface area contributed by atoms with Gasteiger partial charge in [0.05, 0.1) is 5.69 Å². The first-order chi connectivity index (χ1) is 8.43. The molecule has 0 aliphatic heterocycles. The molecule has 1 rings (SSSR count). The lowest BCUT2D eigenvalue weighted by Crippen LogP contribution is -2.39. The molecule has 0 aromatic carbocycles. The monoisotopic (exact) mass is 271 g/mol. The van der Waals surface area contributed by atoms with Crippen molar-refractivity contribution in [2.24, 2.45) is 0 Å². The number of carboxylic acids is 1. The Bertz CT molecular complexity index is 392. The number of hydrogen-bond donors (Lipinski definition) is 1. The molecule has 1 aromatic rings. The molecule has 0 fully saturated rings. The SMILES string of the molecule is CCN(Cc1csc(C(=O)O)n1)C(C)CN(C)C. The van der Waals surface area contributed by atoms with Crippen molar-refractivity contribution in [1.82, 2.24) is 14.8 Å². The molecule has 0 saturated carbocycles. The molecule has 5 nitrogen and oxygen atoms in total. The van der Waals surface area contributed by atoms with Gasteiger partial charge in [-0.05, 0) is 27.6 Å². The van der Waals surface area contributed by atoms with E-state index >= 15 is 0 Å². The fourth-order valence-corrected chi connectivity index (χ4v) is 2.55. The van der Waals surface area contributed by atoms with Crippen molar-refractivity contribution in [1.29, 1.82) is 0 Å². The number of carboxylic acid groups (broad SMARTS) is 1. The molecule has 0 spiro atoms. The minimum Gasteiger partial charge on any atom is -0.476 e. The van der Waals surface area contributed by atoms with Crippen molar-refractivity contribution < 1.29 is 9.90 Å². The van der Waals surface area contributed by atoms with Crippen molar-refractivity contribution in [3.63, 3.8) is 0 Å². The third-order valence-corrected chi connectivity index (χ3v) is 3.64. The lowest BCUT2D eigenvalue weighted by Gasteiger charge is -2.29. The molecule has 0 bridgehead atoms. The molecule has 18 heavy (non-hydrogen) atoms. The summed E-state index contributed by atoms with van der Waals surface area (Å²) in [5.41, 5.74) is 0.838. The minimum absolute atomic E-state index is 0.168. The summed E-state index contributed by atoms with van der Waals surface area (Å²) in [5, 5.41) is 10.8. The average Bonchev–Trinajstić information content (AvgIpc) is 2.73. The van der Waals surface area contributed by atoms with Crippen LogP contribution in [0.1, 0.15) is 29.3 Å². The van der Waals surface area contributed by atoms with E-state index in [1.54, 1.807) is 0 Å². The van der Waals surface area contributed by atoms with Crippen molar-refractivity contribution in [3.05, 3.63) is 16.1 Å². The molecule has 1 N–H and O–H groups in total. The van der Waals surface area contributed by atoms with E-state index in [-0.39, 0.29) is 5.01 Å². The molecule has 0 radical (unpaired) electrons. The van der Waals surface area contributed by atoms with Crippen LogP contribution in [0.15, 0.2) is 5.38 Å². The van der Waals surface area contributed by atoms with Crippen molar-refractivity contribution in [2.45, 2.75) is 26.4 Å². The van der Waals surface area contributed by atoms with E-state index in [2.05, 4.69) is 42.7 Å². The molecule has 1 unspecified atom stereocenters. The number of rotatable bonds is 7. The molecule has 1 atom stereocenters. The summed E-state index contributed by atoms with van der Waals surface area (Å²) in [6.45, 7) is 6.89. The van der Waals surface area contributed by atoms with Gasteiger partial charge in [-0.2, -0.15) is 0 Å². The molecule has 102 valence electrons. The van der Waals surface area contributed by atoms with Gasteiger partial charge in [0.15, 0.2) is 0 Å². The van der Waals surface area contributed by atoms with Crippen LogP contribution in [0.2, 0.25) is 0 Å². The van der Waals surface area contributed by atoms with Crippen LogP contribution in [0.4, 0.5) is 0 Å². The molecular weight excluding hydrogens is 250 g/mol. The Morgan fingerprint density at radius 1 is 1.56 bits per heavy atom. The Balaban J connectivity index is 2.64. The number of aromatic carboxylic acids is 1. The quantitative estimate of drug-likeness (QED) is 0.816. The summed E-state index contributed by atoms with van der Waals surface area (Å²) < 4.78 is 0. The Hall–Kier alpha value is -0.980. The van der Waals surface area contributed by atoms with Gasteiger partial charge in [-0.1, -0.05) is 6.92 Å². The lowest BCUT2D eigenvalue weighted by atomic mass is 10.2. The summed E-state index contributed by atoms with van der Waals surface area (Å²) in [6, 6.07) is 0.417. The molecule has 0 aliphatic rings. The molecule has 0 aliphatic carbocycles. The van der Waals surface area contributed by atoms with Crippen molar-refractivity contribution in [2.75, 3.05) is 27.2 Å². The maximum Gasteiger partial charge on any atom is 0.365 e. The summed E-state index contributed by atoms with van der Waals surface area (Å²) in [7, 11) is 4.10. The van der Waals surface area contributed by atoms with Gasteiger partial charge in [-0.25, -0.2) is 9.78 Å². The van der Waals surface area contributed by atoms with E-state index in [1.165, 1.54) is 11.3 Å². The van der Waals surface area contributed by atoms with E-state index in [0.717, 1.165) is 18.8 Å². The topological polar surface area (TPSA) is 56.7 Å². The number of nitrogens with zero attached hydrogens (tertiary/aromatic N) is 3. The second-order valence-electron chi connectivity index (χ2n) is 4.62. The fourth-order valence-electron chi connectivity index (χ4n) is 1.91. The zero-order valence-electron chi connectivity index (χ0n) is 11.4. The molecule has 1 heterocycles. The van der Waals surface area contributed by atoms with E-state index < -0.39 is 5.97 Å². The second-order valence-corrected chi connectivity index (χ2v) is 5.48. The number of carbonyl (C=O) groups is 1. The Morgan fingerprint density at radius 2 is 2.22 bits per heavy atom. The van der Waals surface area contributed by atoms with Gasteiger partial charge in [-0.3, -0.25) is 4.90 Å². The van der Waals surface area contributed by atoms with Crippen molar-refractivity contribution in [3.8, 4) is 0 Å². The van der Waals surface area contributed by atoms with Gasteiger partial charge >= 0.3 is 5.97 Å². The van der Waals surface area contributed by atoms with Crippen LogP contribution >= 0.6 is 11.3 Å².